The number of carbonyl (C=O) groups excluding carboxylic acids is 1. The first-order chi connectivity index (χ1) is 8.42. The second kappa shape index (κ2) is 5.72. The normalized spacial score (nSPS) is 12.4. The van der Waals surface area contributed by atoms with Gasteiger partial charge in [-0.3, -0.25) is 0 Å². The summed E-state index contributed by atoms with van der Waals surface area (Å²) in [7, 11) is 2.08. The molecule has 0 heterocycles. The fraction of sp³-hybridized carbons (Fsp3) is 0.364. The van der Waals surface area contributed by atoms with E-state index in [9.17, 15) is 23.1 Å². The van der Waals surface area contributed by atoms with Crippen LogP contribution in [0, 0.1) is 5.82 Å². The van der Waals surface area contributed by atoms with Gasteiger partial charge >= 0.3 is 5.97 Å². The first-order valence-corrected chi connectivity index (χ1v) is 4.83. The molecule has 4 nitrogen and oxygen atoms in total. The highest BCUT2D eigenvalue weighted by molar-refractivity contribution is 5.77. The second-order valence-corrected chi connectivity index (χ2v) is 3.34. The third-order valence-corrected chi connectivity index (χ3v) is 2.27. The summed E-state index contributed by atoms with van der Waals surface area (Å²) in [5.41, 5.74) is -1.14. The van der Waals surface area contributed by atoms with Crippen LogP contribution in [-0.4, -0.2) is 25.3 Å². The van der Waals surface area contributed by atoms with Crippen LogP contribution in [0.2, 0.25) is 0 Å². The monoisotopic (exact) mass is 264 g/mol. The van der Waals surface area contributed by atoms with E-state index in [1.165, 1.54) is 0 Å². The molecule has 18 heavy (non-hydrogen) atoms. The summed E-state index contributed by atoms with van der Waals surface area (Å²) in [4.78, 5) is 11.1. The van der Waals surface area contributed by atoms with Gasteiger partial charge in [-0.2, -0.15) is 0 Å². The SMILES string of the molecule is COC(=O)C(O)c1cc(F)cc(C(F)F)c1OC. The molecule has 0 aliphatic carbocycles. The maximum atomic E-state index is 13.2. The van der Waals surface area contributed by atoms with Crippen LogP contribution < -0.4 is 4.74 Å². The Bertz CT molecular complexity index is 448. The van der Waals surface area contributed by atoms with Gasteiger partial charge in [0.25, 0.3) is 6.43 Å². The van der Waals surface area contributed by atoms with Gasteiger partial charge in [0, 0.05) is 5.56 Å². The molecule has 0 amide bonds. The molecule has 100 valence electrons. The summed E-state index contributed by atoms with van der Waals surface area (Å²) < 4.78 is 47.5. The maximum Gasteiger partial charge on any atom is 0.339 e. The molecule has 7 heteroatoms. The average molecular weight is 264 g/mol. The van der Waals surface area contributed by atoms with E-state index in [-0.39, 0.29) is 0 Å². The third kappa shape index (κ3) is 2.73. The van der Waals surface area contributed by atoms with E-state index in [2.05, 4.69) is 4.74 Å². The van der Waals surface area contributed by atoms with Crippen molar-refractivity contribution in [2.24, 2.45) is 0 Å². The summed E-state index contributed by atoms with van der Waals surface area (Å²) >= 11 is 0. The van der Waals surface area contributed by atoms with Gasteiger partial charge in [0.05, 0.1) is 19.8 Å². The molecule has 0 radical (unpaired) electrons. The Balaban J connectivity index is 3.38. The number of hydrogen-bond acceptors (Lipinski definition) is 4. The standard InChI is InChI=1S/C11H11F3O4/c1-17-9-6(8(15)11(16)18-2)3-5(12)4-7(9)10(13)14/h3-4,8,10,15H,1-2H3. The molecule has 0 fully saturated rings. The lowest BCUT2D eigenvalue weighted by Crippen LogP contribution is -2.15. The molecule has 0 spiro atoms. The van der Waals surface area contributed by atoms with Crippen LogP contribution in [0.4, 0.5) is 13.2 Å². The van der Waals surface area contributed by atoms with Crippen molar-refractivity contribution >= 4 is 5.97 Å². The van der Waals surface area contributed by atoms with Gasteiger partial charge < -0.3 is 14.6 Å². The van der Waals surface area contributed by atoms with Crippen LogP contribution in [0.25, 0.3) is 0 Å². The Morgan fingerprint density at radius 2 is 1.83 bits per heavy atom. The van der Waals surface area contributed by atoms with Crippen molar-refractivity contribution in [2.45, 2.75) is 12.5 Å². The van der Waals surface area contributed by atoms with Crippen LogP contribution in [0.15, 0.2) is 12.1 Å². The highest BCUT2D eigenvalue weighted by atomic mass is 19.3. The molecule has 0 bridgehead atoms. The minimum Gasteiger partial charge on any atom is -0.496 e. The minimum atomic E-state index is -3.00. The number of carbonyl (C=O) groups is 1. The van der Waals surface area contributed by atoms with Crippen molar-refractivity contribution in [1.82, 2.24) is 0 Å². The summed E-state index contributed by atoms with van der Waals surface area (Å²) in [5.74, 6) is -2.55. The first kappa shape index (κ1) is 14.3. The van der Waals surface area contributed by atoms with Crippen LogP contribution in [-0.2, 0) is 9.53 Å². The predicted molar refractivity (Wildman–Crippen MR) is 54.9 cm³/mol. The van der Waals surface area contributed by atoms with E-state index < -0.39 is 41.2 Å². The Hall–Kier alpha value is -1.76. The van der Waals surface area contributed by atoms with Crippen LogP contribution in [0.5, 0.6) is 5.75 Å². The van der Waals surface area contributed by atoms with Crippen molar-refractivity contribution in [3.8, 4) is 5.75 Å². The van der Waals surface area contributed by atoms with Gasteiger partial charge in [-0.1, -0.05) is 0 Å². The summed E-state index contributed by atoms with van der Waals surface area (Å²) in [5, 5.41) is 9.57. The summed E-state index contributed by atoms with van der Waals surface area (Å²) in [6, 6.07) is 1.32. The predicted octanol–water partition coefficient (Wildman–Crippen LogP) is 1.98. The molecule has 0 aliphatic heterocycles. The number of halogens is 3. The largest absolute Gasteiger partial charge is 0.496 e. The molecule has 1 aromatic rings. The number of aliphatic hydroxyl groups excluding tert-OH is 1. The van der Waals surface area contributed by atoms with Gasteiger partial charge in [0.1, 0.15) is 11.6 Å². The zero-order valence-corrected chi connectivity index (χ0v) is 9.62. The lowest BCUT2D eigenvalue weighted by Gasteiger charge is -2.16. The Kier molecular flexibility index (Phi) is 4.55. The van der Waals surface area contributed by atoms with Crippen molar-refractivity contribution in [3.63, 3.8) is 0 Å². The fourth-order valence-electron chi connectivity index (χ4n) is 1.48. The molecule has 0 aliphatic rings. The fourth-order valence-corrected chi connectivity index (χ4v) is 1.48. The number of methoxy groups -OCH3 is 2. The molecule has 1 rings (SSSR count). The molecule has 1 atom stereocenters. The number of rotatable bonds is 4. The van der Waals surface area contributed by atoms with E-state index in [4.69, 9.17) is 4.74 Å². The lowest BCUT2D eigenvalue weighted by atomic mass is 10.0. The van der Waals surface area contributed by atoms with Crippen molar-refractivity contribution in [1.29, 1.82) is 0 Å². The maximum absolute atomic E-state index is 13.2. The van der Waals surface area contributed by atoms with Gasteiger partial charge in [0.2, 0.25) is 0 Å². The smallest absolute Gasteiger partial charge is 0.339 e. The quantitative estimate of drug-likeness (QED) is 0.845. The van der Waals surface area contributed by atoms with Crippen LogP contribution in [0.1, 0.15) is 23.7 Å². The molecular weight excluding hydrogens is 253 g/mol. The molecule has 0 saturated heterocycles. The molecule has 0 saturated carbocycles. The minimum absolute atomic E-state index is 0.403. The van der Waals surface area contributed by atoms with Gasteiger partial charge in [-0.25, -0.2) is 18.0 Å². The third-order valence-electron chi connectivity index (χ3n) is 2.27. The van der Waals surface area contributed by atoms with Gasteiger partial charge in [0.15, 0.2) is 6.10 Å². The first-order valence-electron chi connectivity index (χ1n) is 4.83. The van der Waals surface area contributed by atoms with E-state index in [0.29, 0.717) is 6.07 Å². The van der Waals surface area contributed by atoms with E-state index >= 15 is 0 Å². The Morgan fingerprint density at radius 3 is 2.28 bits per heavy atom. The number of esters is 1. The highest BCUT2D eigenvalue weighted by Gasteiger charge is 2.27. The lowest BCUT2D eigenvalue weighted by molar-refractivity contribution is -0.150. The summed E-state index contributed by atoms with van der Waals surface area (Å²) in [6.07, 6.45) is -4.89. The molecule has 1 unspecified atom stereocenters. The van der Waals surface area contributed by atoms with Crippen LogP contribution >= 0.6 is 0 Å². The van der Waals surface area contributed by atoms with Crippen molar-refractivity contribution in [3.05, 3.63) is 29.1 Å². The highest BCUT2D eigenvalue weighted by Crippen LogP contribution is 2.36. The zero-order chi connectivity index (χ0) is 13.9. The van der Waals surface area contributed by atoms with Gasteiger partial charge in [-0.05, 0) is 12.1 Å². The number of alkyl halides is 2. The van der Waals surface area contributed by atoms with Crippen molar-refractivity contribution < 1.29 is 32.5 Å². The molecule has 0 aromatic heterocycles. The second-order valence-electron chi connectivity index (χ2n) is 3.34. The van der Waals surface area contributed by atoms with E-state index in [1.807, 2.05) is 0 Å². The van der Waals surface area contributed by atoms with Crippen LogP contribution in [0.3, 0.4) is 0 Å². The number of ether oxygens (including phenoxy) is 2. The van der Waals surface area contributed by atoms with Crippen molar-refractivity contribution in [2.75, 3.05) is 14.2 Å². The molecular formula is C11H11F3O4. The summed E-state index contributed by atoms with van der Waals surface area (Å²) in [6.45, 7) is 0. The molecule has 1 N–H and O–H groups in total. The van der Waals surface area contributed by atoms with E-state index in [1.54, 1.807) is 0 Å². The number of benzene rings is 1. The topological polar surface area (TPSA) is 55.8 Å². The van der Waals surface area contributed by atoms with Gasteiger partial charge in [-0.15, -0.1) is 0 Å². The number of hydrogen-bond donors (Lipinski definition) is 1. The Labute approximate surface area is 101 Å². The Morgan fingerprint density at radius 1 is 1.28 bits per heavy atom. The molecule has 1 aromatic carbocycles. The zero-order valence-electron chi connectivity index (χ0n) is 9.62. The number of aliphatic hydroxyl groups is 1. The van der Waals surface area contributed by atoms with E-state index in [0.717, 1.165) is 20.3 Å². The average Bonchev–Trinajstić information content (AvgIpc) is 2.35.